The molecule has 8 nitrogen and oxygen atoms in total. The summed E-state index contributed by atoms with van der Waals surface area (Å²) in [5.74, 6) is 0.622. The molecule has 0 atom stereocenters. The van der Waals surface area contributed by atoms with Crippen molar-refractivity contribution in [3.8, 4) is 0 Å². The normalized spacial score (nSPS) is 14.1. The van der Waals surface area contributed by atoms with E-state index in [4.69, 9.17) is 0 Å². The Balaban J connectivity index is 1.23. The number of rotatable bonds is 4. The van der Waals surface area contributed by atoms with Gasteiger partial charge in [-0.25, -0.2) is 14.8 Å². The number of piperazine rings is 1. The molecule has 0 radical (unpaired) electrons. The predicted molar refractivity (Wildman–Crippen MR) is 110 cm³/mol. The Hall–Kier alpha value is -3.20. The molecule has 28 heavy (non-hydrogen) atoms. The maximum atomic E-state index is 12.3. The molecule has 0 aliphatic carbocycles. The van der Waals surface area contributed by atoms with Crippen LogP contribution in [-0.4, -0.2) is 59.5 Å². The lowest BCUT2D eigenvalue weighted by Crippen LogP contribution is -2.52. The van der Waals surface area contributed by atoms with Gasteiger partial charge >= 0.3 is 6.03 Å². The molecular weight excluding hydrogens is 376 g/mol. The zero-order valence-corrected chi connectivity index (χ0v) is 16.0. The molecule has 2 N–H and O–H groups in total. The van der Waals surface area contributed by atoms with Crippen LogP contribution in [-0.2, 0) is 4.79 Å². The minimum Gasteiger partial charge on any atom is -0.353 e. The van der Waals surface area contributed by atoms with Gasteiger partial charge in [0, 0.05) is 32.4 Å². The predicted octanol–water partition coefficient (Wildman–Crippen LogP) is 2.16. The van der Waals surface area contributed by atoms with Crippen LogP contribution in [0.2, 0.25) is 0 Å². The average molecular weight is 396 g/mol. The number of aromatic nitrogens is 2. The van der Waals surface area contributed by atoms with Gasteiger partial charge in [0.15, 0.2) is 5.13 Å². The highest BCUT2D eigenvalue weighted by Crippen LogP contribution is 2.25. The van der Waals surface area contributed by atoms with Gasteiger partial charge in [0.25, 0.3) is 0 Å². The summed E-state index contributed by atoms with van der Waals surface area (Å²) >= 11 is 1.41. The van der Waals surface area contributed by atoms with Crippen molar-refractivity contribution in [2.75, 3.05) is 42.9 Å². The highest BCUT2D eigenvalue weighted by Gasteiger charge is 2.22. The van der Waals surface area contributed by atoms with E-state index in [1.807, 2.05) is 42.5 Å². The highest BCUT2D eigenvalue weighted by atomic mass is 32.1. The third-order valence-corrected chi connectivity index (χ3v) is 5.43. The van der Waals surface area contributed by atoms with E-state index < -0.39 is 0 Å². The molecule has 9 heteroatoms. The molecule has 1 aromatic carbocycles. The quantitative estimate of drug-likeness (QED) is 0.705. The number of hydrogen-bond acceptors (Lipinski definition) is 6. The first-order valence-electron chi connectivity index (χ1n) is 9.03. The van der Waals surface area contributed by atoms with E-state index in [2.05, 4.69) is 25.5 Å². The van der Waals surface area contributed by atoms with Crippen molar-refractivity contribution >= 4 is 44.4 Å². The molecule has 0 bridgehead atoms. The van der Waals surface area contributed by atoms with Gasteiger partial charge in [0.2, 0.25) is 5.91 Å². The van der Waals surface area contributed by atoms with Crippen molar-refractivity contribution in [2.45, 2.75) is 0 Å². The fourth-order valence-electron chi connectivity index (χ4n) is 3.04. The van der Waals surface area contributed by atoms with E-state index in [-0.39, 0.29) is 18.5 Å². The number of nitrogens with one attached hydrogen (secondary N) is 2. The van der Waals surface area contributed by atoms with Crippen LogP contribution in [0.4, 0.5) is 15.7 Å². The number of para-hydroxylation sites is 1. The molecule has 0 saturated carbocycles. The van der Waals surface area contributed by atoms with Crippen LogP contribution in [0.15, 0.2) is 48.7 Å². The minimum atomic E-state index is -0.292. The largest absolute Gasteiger partial charge is 0.353 e. The third kappa shape index (κ3) is 4.20. The van der Waals surface area contributed by atoms with Crippen LogP contribution < -0.4 is 15.5 Å². The number of carbonyl (C=O) groups is 2. The molecule has 0 unspecified atom stereocenters. The zero-order chi connectivity index (χ0) is 19.3. The number of thiazole rings is 1. The van der Waals surface area contributed by atoms with Crippen LogP contribution in [0.3, 0.4) is 0 Å². The van der Waals surface area contributed by atoms with Crippen LogP contribution in [0.5, 0.6) is 0 Å². The molecule has 1 fully saturated rings. The van der Waals surface area contributed by atoms with Crippen molar-refractivity contribution in [1.29, 1.82) is 0 Å². The van der Waals surface area contributed by atoms with Gasteiger partial charge in [0.05, 0.1) is 16.8 Å². The lowest BCUT2D eigenvalue weighted by atomic mass is 10.3. The molecule has 3 aromatic rings. The van der Waals surface area contributed by atoms with Crippen LogP contribution in [0.1, 0.15) is 0 Å². The summed E-state index contributed by atoms with van der Waals surface area (Å²) < 4.78 is 1.01. The second-order valence-electron chi connectivity index (χ2n) is 6.36. The van der Waals surface area contributed by atoms with Crippen molar-refractivity contribution in [1.82, 2.24) is 20.2 Å². The Morgan fingerprint density at radius 2 is 1.82 bits per heavy atom. The summed E-state index contributed by atoms with van der Waals surface area (Å²) in [6.45, 7) is 2.50. The minimum absolute atomic E-state index is 0.0881. The zero-order valence-electron chi connectivity index (χ0n) is 15.2. The maximum Gasteiger partial charge on any atom is 0.317 e. The molecule has 1 aliphatic heterocycles. The topological polar surface area (TPSA) is 90.5 Å². The number of nitrogens with zero attached hydrogens (tertiary/aromatic N) is 4. The van der Waals surface area contributed by atoms with Crippen molar-refractivity contribution in [3.05, 3.63) is 48.7 Å². The first-order chi connectivity index (χ1) is 13.7. The Kier molecular flexibility index (Phi) is 5.34. The molecule has 0 spiro atoms. The number of amides is 3. The number of anilines is 2. The van der Waals surface area contributed by atoms with Crippen LogP contribution >= 0.6 is 11.3 Å². The van der Waals surface area contributed by atoms with Gasteiger partial charge in [-0.2, -0.15) is 0 Å². The molecule has 3 amide bonds. The fourth-order valence-corrected chi connectivity index (χ4v) is 3.92. The number of carbonyl (C=O) groups excluding carboxylic acids is 2. The van der Waals surface area contributed by atoms with Gasteiger partial charge in [-0.15, -0.1) is 0 Å². The summed E-state index contributed by atoms with van der Waals surface area (Å²) in [7, 11) is 0. The van der Waals surface area contributed by atoms with Gasteiger partial charge in [-0.1, -0.05) is 29.5 Å². The molecule has 1 aliphatic rings. The van der Waals surface area contributed by atoms with E-state index in [1.54, 1.807) is 11.1 Å². The number of urea groups is 1. The maximum absolute atomic E-state index is 12.3. The average Bonchev–Trinajstić information content (AvgIpc) is 3.15. The Morgan fingerprint density at radius 1 is 1.04 bits per heavy atom. The molecule has 4 rings (SSSR count). The highest BCUT2D eigenvalue weighted by molar-refractivity contribution is 7.22. The van der Waals surface area contributed by atoms with Crippen molar-refractivity contribution < 1.29 is 9.59 Å². The second-order valence-corrected chi connectivity index (χ2v) is 7.39. The van der Waals surface area contributed by atoms with Crippen LogP contribution in [0, 0.1) is 0 Å². The fraction of sp³-hybridized carbons (Fsp3) is 0.263. The monoisotopic (exact) mass is 396 g/mol. The second kappa shape index (κ2) is 8.22. The molecular formula is C19H20N6O2S. The molecule has 2 aromatic heterocycles. The lowest BCUT2D eigenvalue weighted by Gasteiger charge is -2.35. The smallest absolute Gasteiger partial charge is 0.317 e. The Labute approximate surface area is 166 Å². The van der Waals surface area contributed by atoms with Gasteiger partial charge < -0.3 is 20.4 Å². The van der Waals surface area contributed by atoms with Crippen molar-refractivity contribution in [3.63, 3.8) is 0 Å². The summed E-state index contributed by atoms with van der Waals surface area (Å²) in [6.07, 6.45) is 1.76. The number of benzene rings is 1. The van der Waals surface area contributed by atoms with Gasteiger partial charge in [-0.3, -0.25) is 4.79 Å². The van der Waals surface area contributed by atoms with E-state index in [1.165, 1.54) is 11.3 Å². The standard InChI is InChI=1S/C19H20N6O2S/c26-17(23-18-22-14-5-1-2-6-15(14)28-18)13-21-19(27)25-11-9-24(10-12-25)16-7-3-4-8-20-16/h1-8H,9-13H2,(H,21,27)(H,22,23,26). The SMILES string of the molecule is O=C(CNC(=O)N1CCN(c2ccccn2)CC1)Nc1nc2ccccc2s1. The molecule has 1 saturated heterocycles. The van der Waals surface area contributed by atoms with Gasteiger partial charge in [-0.05, 0) is 24.3 Å². The van der Waals surface area contributed by atoms with Crippen LogP contribution in [0.25, 0.3) is 10.2 Å². The van der Waals surface area contributed by atoms with E-state index in [0.717, 1.165) is 16.0 Å². The summed E-state index contributed by atoms with van der Waals surface area (Å²) in [6, 6.07) is 13.2. The Morgan fingerprint density at radius 3 is 2.57 bits per heavy atom. The van der Waals surface area contributed by atoms with E-state index in [9.17, 15) is 9.59 Å². The van der Waals surface area contributed by atoms with E-state index >= 15 is 0 Å². The number of fused-ring (bicyclic) bond motifs is 1. The lowest BCUT2D eigenvalue weighted by molar-refractivity contribution is -0.115. The number of hydrogen-bond donors (Lipinski definition) is 2. The Bertz CT molecular complexity index is 936. The number of pyridine rings is 1. The van der Waals surface area contributed by atoms with Gasteiger partial charge in [0.1, 0.15) is 5.82 Å². The van der Waals surface area contributed by atoms with Crippen molar-refractivity contribution in [2.24, 2.45) is 0 Å². The molecule has 3 heterocycles. The third-order valence-electron chi connectivity index (χ3n) is 4.48. The first-order valence-corrected chi connectivity index (χ1v) is 9.85. The summed E-state index contributed by atoms with van der Waals surface area (Å²) in [5.41, 5.74) is 0.845. The molecule has 144 valence electrons. The summed E-state index contributed by atoms with van der Waals surface area (Å²) in [4.78, 5) is 37.0. The first kappa shape index (κ1) is 18.2. The van der Waals surface area contributed by atoms with E-state index in [0.29, 0.717) is 31.3 Å². The summed E-state index contributed by atoms with van der Waals surface area (Å²) in [5, 5.41) is 5.95.